The van der Waals surface area contributed by atoms with E-state index < -0.39 is 11.8 Å². The molecule has 0 fully saturated rings. The summed E-state index contributed by atoms with van der Waals surface area (Å²) in [7, 11) is 0. The van der Waals surface area contributed by atoms with E-state index in [1.54, 1.807) is 12.1 Å². The quantitative estimate of drug-likeness (QED) is 0.718. The Balaban J connectivity index is 2.52. The van der Waals surface area contributed by atoms with Crippen LogP contribution >= 0.6 is 0 Å². The van der Waals surface area contributed by atoms with Gasteiger partial charge in [0.25, 0.3) is 0 Å². The Morgan fingerprint density at radius 1 is 1.53 bits per heavy atom. The lowest BCUT2D eigenvalue weighted by Crippen LogP contribution is -2.10. The summed E-state index contributed by atoms with van der Waals surface area (Å²) in [6, 6.07) is 4.49. The monoisotopic (exact) mass is 208 g/mol. The highest BCUT2D eigenvalue weighted by molar-refractivity contribution is 5.91. The molecule has 0 aliphatic carbocycles. The molecular formula is C11H9FO3. The van der Waals surface area contributed by atoms with Crippen molar-refractivity contribution in [3.8, 4) is 5.75 Å². The van der Waals surface area contributed by atoms with Gasteiger partial charge in [-0.15, -0.1) is 0 Å². The summed E-state index contributed by atoms with van der Waals surface area (Å²) >= 11 is 0. The fourth-order valence-corrected chi connectivity index (χ4v) is 1.61. The minimum atomic E-state index is -1.03. The van der Waals surface area contributed by atoms with Gasteiger partial charge in [0.2, 0.25) is 0 Å². The average molecular weight is 208 g/mol. The van der Waals surface area contributed by atoms with Crippen LogP contribution < -0.4 is 4.74 Å². The first-order valence-corrected chi connectivity index (χ1v) is 4.53. The van der Waals surface area contributed by atoms with E-state index in [0.29, 0.717) is 24.2 Å². The van der Waals surface area contributed by atoms with Crippen LogP contribution in [0.15, 0.2) is 24.3 Å². The Hall–Kier alpha value is -1.84. The second-order valence-corrected chi connectivity index (χ2v) is 3.22. The molecule has 0 radical (unpaired) electrons. The van der Waals surface area contributed by atoms with Crippen LogP contribution in [-0.2, 0) is 4.79 Å². The first kappa shape index (κ1) is 9.71. The number of hydrogen-bond donors (Lipinski definition) is 1. The molecule has 0 aromatic heterocycles. The van der Waals surface area contributed by atoms with Crippen molar-refractivity contribution in [3.05, 3.63) is 35.7 Å². The zero-order valence-electron chi connectivity index (χ0n) is 7.87. The fraction of sp³-hybridized carbons (Fsp3) is 0.182. The first-order chi connectivity index (χ1) is 7.18. The number of carboxylic acid groups (broad SMARTS) is 1. The van der Waals surface area contributed by atoms with E-state index in [1.807, 2.05) is 0 Å². The van der Waals surface area contributed by atoms with Crippen molar-refractivity contribution in [2.75, 3.05) is 6.61 Å². The summed E-state index contributed by atoms with van der Waals surface area (Å²) in [6.45, 7) is 0.313. The number of benzene rings is 1. The summed E-state index contributed by atoms with van der Waals surface area (Å²) in [5, 5.41) is 8.65. The van der Waals surface area contributed by atoms with Crippen molar-refractivity contribution in [1.29, 1.82) is 0 Å². The van der Waals surface area contributed by atoms with Crippen LogP contribution in [0.3, 0.4) is 0 Å². The molecule has 0 amide bonds. The molecule has 1 aromatic carbocycles. The first-order valence-electron chi connectivity index (χ1n) is 4.53. The predicted molar refractivity (Wildman–Crippen MR) is 52.1 cm³/mol. The highest BCUT2D eigenvalue weighted by Gasteiger charge is 2.19. The van der Waals surface area contributed by atoms with Crippen molar-refractivity contribution in [2.45, 2.75) is 6.42 Å². The third-order valence-corrected chi connectivity index (χ3v) is 2.23. The standard InChI is InChI=1S/C11H9FO3/c12-9-3-1-2-8-7(6-10(13)14)4-5-15-11(8)9/h1-3,6H,4-5H2,(H,13,14)/b7-6+. The van der Waals surface area contributed by atoms with E-state index in [-0.39, 0.29) is 5.75 Å². The molecule has 0 saturated heterocycles. The van der Waals surface area contributed by atoms with Crippen LogP contribution in [0.5, 0.6) is 5.75 Å². The molecule has 2 rings (SSSR count). The highest BCUT2D eigenvalue weighted by atomic mass is 19.1. The van der Waals surface area contributed by atoms with Crippen molar-refractivity contribution < 1.29 is 19.0 Å². The van der Waals surface area contributed by atoms with Gasteiger partial charge in [-0.2, -0.15) is 0 Å². The molecule has 0 saturated carbocycles. The summed E-state index contributed by atoms with van der Waals surface area (Å²) in [5.41, 5.74) is 1.13. The lowest BCUT2D eigenvalue weighted by Gasteiger charge is -2.19. The van der Waals surface area contributed by atoms with Gasteiger partial charge in [0.1, 0.15) is 0 Å². The lowest BCUT2D eigenvalue weighted by atomic mass is 9.99. The van der Waals surface area contributed by atoms with Gasteiger partial charge in [0.05, 0.1) is 6.61 Å². The van der Waals surface area contributed by atoms with Gasteiger partial charge in [-0.3, -0.25) is 0 Å². The van der Waals surface area contributed by atoms with Gasteiger partial charge in [-0.05, 0) is 11.6 Å². The van der Waals surface area contributed by atoms with Crippen LogP contribution in [0.2, 0.25) is 0 Å². The zero-order valence-corrected chi connectivity index (χ0v) is 7.87. The minimum absolute atomic E-state index is 0.149. The summed E-state index contributed by atoms with van der Waals surface area (Å²) in [4.78, 5) is 10.6. The highest BCUT2D eigenvalue weighted by Crippen LogP contribution is 2.34. The normalized spacial score (nSPS) is 17.0. The van der Waals surface area contributed by atoms with Crippen LogP contribution in [0, 0.1) is 5.82 Å². The van der Waals surface area contributed by atoms with E-state index >= 15 is 0 Å². The molecule has 0 spiro atoms. The van der Waals surface area contributed by atoms with Gasteiger partial charge in [0.15, 0.2) is 11.6 Å². The molecule has 1 aliphatic heterocycles. The Kier molecular flexibility index (Phi) is 2.41. The van der Waals surface area contributed by atoms with Gasteiger partial charge < -0.3 is 9.84 Å². The third kappa shape index (κ3) is 1.83. The van der Waals surface area contributed by atoms with E-state index in [1.165, 1.54) is 6.07 Å². The van der Waals surface area contributed by atoms with Crippen LogP contribution in [0.4, 0.5) is 4.39 Å². The lowest BCUT2D eigenvalue weighted by molar-refractivity contribution is -0.131. The number of aliphatic carboxylic acids is 1. The second-order valence-electron chi connectivity index (χ2n) is 3.22. The van der Waals surface area contributed by atoms with Gasteiger partial charge in [-0.25, -0.2) is 9.18 Å². The van der Waals surface area contributed by atoms with Crippen LogP contribution in [0.25, 0.3) is 5.57 Å². The number of halogens is 1. The summed E-state index contributed by atoms with van der Waals surface area (Å²) in [6.07, 6.45) is 1.59. The maximum Gasteiger partial charge on any atom is 0.328 e. The number of para-hydroxylation sites is 1. The average Bonchev–Trinajstić information content (AvgIpc) is 2.19. The zero-order chi connectivity index (χ0) is 10.8. The van der Waals surface area contributed by atoms with Crippen molar-refractivity contribution in [3.63, 3.8) is 0 Å². The molecule has 15 heavy (non-hydrogen) atoms. The van der Waals surface area contributed by atoms with Gasteiger partial charge in [-0.1, -0.05) is 12.1 Å². The van der Waals surface area contributed by atoms with Crippen molar-refractivity contribution in [2.24, 2.45) is 0 Å². The molecule has 1 heterocycles. The molecule has 78 valence electrons. The van der Waals surface area contributed by atoms with E-state index in [2.05, 4.69) is 0 Å². The molecular weight excluding hydrogens is 199 g/mol. The molecule has 0 bridgehead atoms. The number of carboxylic acids is 1. The maximum absolute atomic E-state index is 13.3. The molecule has 4 heteroatoms. The molecule has 3 nitrogen and oxygen atoms in total. The number of carbonyl (C=O) groups is 1. The molecule has 0 atom stereocenters. The molecule has 1 aliphatic rings. The smallest absolute Gasteiger partial charge is 0.328 e. The van der Waals surface area contributed by atoms with Crippen LogP contribution in [0.1, 0.15) is 12.0 Å². The molecule has 1 aromatic rings. The van der Waals surface area contributed by atoms with Crippen molar-refractivity contribution in [1.82, 2.24) is 0 Å². The third-order valence-electron chi connectivity index (χ3n) is 2.23. The molecule has 1 N–H and O–H groups in total. The van der Waals surface area contributed by atoms with Crippen LogP contribution in [-0.4, -0.2) is 17.7 Å². The summed E-state index contributed by atoms with van der Waals surface area (Å²) in [5.74, 6) is -1.33. The van der Waals surface area contributed by atoms with E-state index in [9.17, 15) is 9.18 Å². The number of ether oxygens (including phenoxy) is 1. The Labute approximate surface area is 85.8 Å². The summed E-state index contributed by atoms with van der Waals surface area (Å²) < 4.78 is 18.4. The maximum atomic E-state index is 13.3. The minimum Gasteiger partial charge on any atom is -0.490 e. The molecule has 0 unspecified atom stereocenters. The Morgan fingerprint density at radius 3 is 3.07 bits per heavy atom. The Morgan fingerprint density at radius 2 is 2.33 bits per heavy atom. The Bertz CT molecular complexity index is 437. The van der Waals surface area contributed by atoms with E-state index in [4.69, 9.17) is 9.84 Å². The van der Waals surface area contributed by atoms with Gasteiger partial charge in [0, 0.05) is 18.1 Å². The fourth-order valence-electron chi connectivity index (χ4n) is 1.61. The van der Waals surface area contributed by atoms with Crippen molar-refractivity contribution >= 4 is 11.5 Å². The SMILES string of the molecule is O=C(O)/C=C1\CCOc2c(F)cccc21. The van der Waals surface area contributed by atoms with Gasteiger partial charge >= 0.3 is 5.97 Å². The largest absolute Gasteiger partial charge is 0.490 e. The van der Waals surface area contributed by atoms with E-state index in [0.717, 1.165) is 6.08 Å². The number of rotatable bonds is 1. The topological polar surface area (TPSA) is 46.5 Å². The predicted octanol–water partition coefficient (Wildman–Crippen LogP) is 2.08. The number of fused-ring (bicyclic) bond motifs is 1. The second kappa shape index (κ2) is 3.73. The number of hydrogen-bond acceptors (Lipinski definition) is 2.